The SMILES string of the molecule is CCOCOc1ccc(C(F)(F)C(F)(F)F)cc1. The van der Waals surface area contributed by atoms with Crippen molar-refractivity contribution in [3.63, 3.8) is 0 Å². The van der Waals surface area contributed by atoms with Gasteiger partial charge in [-0.15, -0.1) is 0 Å². The van der Waals surface area contributed by atoms with Crippen LogP contribution in [0.15, 0.2) is 24.3 Å². The summed E-state index contributed by atoms with van der Waals surface area (Å²) in [4.78, 5) is 0. The molecule has 0 atom stereocenters. The minimum atomic E-state index is -5.61. The van der Waals surface area contributed by atoms with E-state index in [2.05, 4.69) is 0 Å². The molecule has 0 bridgehead atoms. The van der Waals surface area contributed by atoms with Crippen molar-refractivity contribution in [3.8, 4) is 5.75 Å². The van der Waals surface area contributed by atoms with Crippen molar-refractivity contribution in [2.24, 2.45) is 0 Å². The molecule has 1 aromatic carbocycles. The number of halogens is 5. The second kappa shape index (κ2) is 5.51. The Labute approximate surface area is 100 Å². The molecule has 0 heterocycles. The lowest BCUT2D eigenvalue weighted by Gasteiger charge is -2.19. The minimum absolute atomic E-state index is 0.0918. The van der Waals surface area contributed by atoms with E-state index in [0.717, 1.165) is 12.1 Å². The fraction of sp³-hybridized carbons (Fsp3) is 0.455. The van der Waals surface area contributed by atoms with E-state index in [0.29, 0.717) is 18.7 Å². The summed E-state index contributed by atoms with van der Waals surface area (Å²) >= 11 is 0. The highest BCUT2D eigenvalue weighted by atomic mass is 19.4. The van der Waals surface area contributed by atoms with E-state index < -0.39 is 17.7 Å². The first kappa shape index (κ1) is 14.7. The van der Waals surface area contributed by atoms with E-state index in [1.165, 1.54) is 0 Å². The third-order valence-corrected chi connectivity index (χ3v) is 2.09. The predicted octanol–water partition coefficient (Wildman–Crippen LogP) is 3.71. The summed E-state index contributed by atoms with van der Waals surface area (Å²) in [5.41, 5.74) is -1.13. The van der Waals surface area contributed by atoms with Gasteiger partial charge in [0.1, 0.15) is 5.75 Å². The summed E-state index contributed by atoms with van der Waals surface area (Å²) < 4.78 is 71.8. The number of hydrogen-bond donors (Lipinski definition) is 0. The van der Waals surface area contributed by atoms with Crippen molar-refractivity contribution in [1.29, 1.82) is 0 Å². The number of alkyl halides is 5. The van der Waals surface area contributed by atoms with Crippen molar-refractivity contribution in [2.45, 2.75) is 19.0 Å². The van der Waals surface area contributed by atoms with Gasteiger partial charge in [-0.1, -0.05) is 0 Å². The first-order valence-corrected chi connectivity index (χ1v) is 5.04. The van der Waals surface area contributed by atoms with Gasteiger partial charge >= 0.3 is 12.1 Å². The van der Waals surface area contributed by atoms with Crippen molar-refractivity contribution in [3.05, 3.63) is 29.8 Å². The normalized spacial score (nSPS) is 12.6. The Kier molecular flexibility index (Phi) is 4.50. The van der Waals surface area contributed by atoms with Gasteiger partial charge in [0, 0.05) is 12.2 Å². The lowest BCUT2D eigenvalue weighted by molar-refractivity contribution is -0.289. The summed E-state index contributed by atoms with van der Waals surface area (Å²) in [5, 5.41) is 0. The molecule has 1 aromatic rings. The summed E-state index contributed by atoms with van der Waals surface area (Å²) in [5.74, 6) is -4.71. The van der Waals surface area contributed by atoms with Crippen LogP contribution in [0.1, 0.15) is 12.5 Å². The maximum atomic E-state index is 12.9. The molecule has 0 aliphatic heterocycles. The molecule has 2 nitrogen and oxygen atoms in total. The maximum absolute atomic E-state index is 12.9. The van der Waals surface area contributed by atoms with Gasteiger partial charge in [0.25, 0.3) is 0 Å². The molecule has 0 N–H and O–H groups in total. The molecule has 102 valence electrons. The Bertz CT molecular complexity index is 372. The maximum Gasteiger partial charge on any atom is 0.458 e. The first-order chi connectivity index (χ1) is 8.29. The summed E-state index contributed by atoms with van der Waals surface area (Å²) in [6.07, 6.45) is -5.61. The van der Waals surface area contributed by atoms with Crippen LogP contribution in [0.4, 0.5) is 22.0 Å². The summed E-state index contributed by atoms with van der Waals surface area (Å²) in [7, 11) is 0. The van der Waals surface area contributed by atoms with Crippen LogP contribution in [0.5, 0.6) is 5.75 Å². The lowest BCUT2D eigenvalue weighted by atomic mass is 10.1. The van der Waals surface area contributed by atoms with Crippen LogP contribution in [-0.4, -0.2) is 19.6 Å². The average Bonchev–Trinajstić information content (AvgIpc) is 2.28. The van der Waals surface area contributed by atoms with Gasteiger partial charge in [-0.25, -0.2) is 0 Å². The average molecular weight is 270 g/mol. The van der Waals surface area contributed by atoms with Crippen LogP contribution >= 0.6 is 0 Å². The molecule has 0 amide bonds. The van der Waals surface area contributed by atoms with E-state index in [9.17, 15) is 22.0 Å². The molecule has 0 aliphatic rings. The highest BCUT2D eigenvalue weighted by Gasteiger charge is 2.58. The molecular weight excluding hydrogens is 259 g/mol. The highest BCUT2D eigenvalue weighted by Crippen LogP contribution is 2.43. The van der Waals surface area contributed by atoms with Crippen molar-refractivity contribution >= 4 is 0 Å². The van der Waals surface area contributed by atoms with Crippen molar-refractivity contribution in [1.82, 2.24) is 0 Å². The van der Waals surface area contributed by atoms with E-state index in [4.69, 9.17) is 9.47 Å². The third kappa shape index (κ3) is 3.32. The zero-order valence-electron chi connectivity index (χ0n) is 9.43. The molecule has 0 aliphatic carbocycles. The Morgan fingerprint density at radius 3 is 2.00 bits per heavy atom. The predicted molar refractivity (Wildman–Crippen MR) is 53.5 cm³/mol. The van der Waals surface area contributed by atoms with Crippen LogP contribution in [0.25, 0.3) is 0 Å². The van der Waals surface area contributed by atoms with Crippen LogP contribution in [-0.2, 0) is 10.7 Å². The molecule has 7 heteroatoms. The molecule has 18 heavy (non-hydrogen) atoms. The van der Waals surface area contributed by atoms with Gasteiger partial charge in [-0.05, 0) is 31.2 Å². The summed E-state index contributed by atoms with van der Waals surface area (Å²) in [6.45, 7) is 2.05. The molecule has 0 saturated carbocycles. The molecule has 0 aromatic heterocycles. The molecule has 0 unspecified atom stereocenters. The Morgan fingerprint density at radius 2 is 1.56 bits per heavy atom. The van der Waals surface area contributed by atoms with E-state index in [-0.39, 0.29) is 12.5 Å². The third-order valence-electron chi connectivity index (χ3n) is 2.09. The van der Waals surface area contributed by atoms with Gasteiger partial charge in [0.05, 0.1) is 0 Å². The van der Waals surface area contributed by atoms with Crippen molar-refractivity contribution in [2.75, 3.05) is 13.4 Å². The van der Waals surface area contributed by atoms with Crippen LogP contribution in [0.3, 0.4) is 0 Å². The quantitative estimate of drug-likeness (QED) is 0.461. The van der Waals surface area contributed by atoms with Gasteiger partial charge in [0.2, 0.25) is 0 Å². The molecule has 0 radical (unpaired) electrons. The Balaban J connectivity index is 2.77. The molecular formula is C11H11F5O2. The van der Waals surface area contributed by atoms with Crippen molar-refractivity contribution < 1.29 is 31.4 Å². The Hall–Kier alpha value is -1.37. The first-order valence-electron chi connectivity index (χ1n) is 5.04. The minimum Gasteiger partial charge on any atom is -0.468 e. The standard InChI is InChI=1S/C11H11F5O2/c1-2-17-7-18-9-5-3-8(4-6-9)10(12,13)11(14,15)16/h3-6H,2,7H2,1H3. The molecule has 0 fully saturated rings. The number of ether oxygens (including phenoxy) is 2. The summed E-state index contributed by atoms with van der Waals surface area (Å²) in [6, 6.07) is 3.42. The topological polar surface area (TPSA) is 18.5 Å². The van der Waals surface area contributed by atoms with Gasteiger partial charge in [-0.3, -0.25) is 0 Å². The van der Waals surface area contributed by atoms with Gasteiger partial charge in [-0.2, -0.15) is 22.0 Å². The second-order valence-electron chi connectivity index (χ2n) is 3.35. The van der Waals surface area contributed by atoms with E-state index in [1.54, 1.807) is 6.92 Å². The van der Waals surface area contributed by atoms with E-state index >= 15 is 0 Å². The molecule has 0 saturated heterocycles. The van der Waals surface area contributed by atoms with Crippen LogP contribution in [0.2, 0.25) is 0 Å². The van der Waals surface area contributed by atoms with Gasteiger partial charge in [0.15, 0.2) is 6.79 Å². The number of hydrogen-bond acceptors (Lipinski definition) is 2. The fourth-order valence-electron chi connectivity index (χ4n) is 1.12. The zero-order chi connectivity index (χ0) is 13.8. The molecule has 1 rings (SSSR count). The zero-order valence-corrected chi connectivity index (χ0v) is 9.43. The van der Waals surface area contributed by atoms with Crippen LogP contribution < -0.4 is 4.74 Å². The number of benzene rings is 1. The monoisotopic (exact) mass is 270 g/mol. The van der Waals surface area contributed by atoms with Crippen LogP contribution in [0, 0.1) is 0 Å². The largest absolute Gasteiger partial charge is 0.468 e. The lowest BCUT2D eigenvalue weighted by Crippen LogP contribution is -2.33. The fourth-order valence-corrected chi connectivity index (χ4v) is 1.12. The molecule has 0 spiro atoms. The second-order valence-corrected chi connectivity index (χ2v) is 3.35. The van der Waals surface area contributed by atoms with E-state index in [1.807, 2.05) is 0 Å². The Morgan fingerprint density at radius 1 is 1.00 bits per heavy atom. The van der Waals surface area contributed by atoms with Gasteiger partial charge < -0.3 is 9.47 Å². The smallest absolute Gasteiger partial charge is 0.458 e. The highest BCUT2D eigenvalue weighted by molar-refractivity contribution is 5.30. The number of rotatable bonds is 5.